The molecule has 4 nitrogen and oxygen atoms in total. The average Bonchev–Trinajstić information content (AvgIpc) is 2.46. The molecule has 3 atom stereocenters. The van der Waals surface area contributed by atoms with Crippen molar-refractivity contribution in [1.29, 1.82) is 0 Å². The van der Waals surface area contributed by atoms with Gasteiger partial charge in [-0.1, -0.05) is 38.3 Å². The number of amides is 1. The minimum Gasteiger partial charge on any atom is -0.370 e. The molecule has 3 unspecified atom stereocenters. The zero-order valence-corrected chi connectivity index (χ0v) is 13.7. The Bertz CT molecular complexity index is 506. The number of aromatic nitrogens is 1. The molecule has 2 N–H and O–H groups in total. The van der Waals surface area contributed by atoms with E-state index in [1.165, 1.54) is 6.42 Å². The van der Waals surface area contributed by atoms with Crippen LogP contribution in [0.3, 0.4) is 0 Å². The van der Waals surface area contributed by atoms with Gasteiger partial charge in [0.05, 0.1) is 5.02 Å². The summed E-state index contributed by atoms with van der Waals surface area (Å²) >= 11 is 6.12. The SMILES string of the molecule is CCNc1ccc(Cl)c(C(=O)NC2CCCC(C)C2C)n1. The van der Waals surface area contributed by atoms with E-state index in [1.807, 2.05) is 6.92 Å². The summed E-state index contributed by atoms with van der Waals surface area (Å²) in [6.07, 6.45) is 3.43. The zero-order valence-electron chi connectivity index (χ0n) is 12.9. The number of rotatable bonds is 4. The lowest BCUT2D eigenvalue weighted by Crippen LogP contribution is -2.44. The van der Waals surface area contributed by atoms with E-state index in [1.54, 1.807) is 12.1 Å². The second kappa shape index (κ2) is 7.12. The van der Waals surface area contributed by atoms with E-state index in [-0.39, 0.29) is 11.9 Å². The van der Waals surface area contributed by atoms with Gasteiger partial charge >= 0.3 is 0 Å². The lowest BCUT2D eigenvalue weighted by Gasteiger charge is -2.34. The van der Waals surface area contributed by atoms with Crippen molar-refractivity contribution in [3.05, 3.63) is 22.8 Å². The molecule has 116 valence electrons. The lowest BCUT2D eigenvalue weighted by atomic mass is 9.78. The molecule has 0 aromatic carbocycles. The van der Waals surface area contributed by atoms with Gasteiger partial charge in [-0.3, -0.25) is 4.79 Å². The van der Waals surface area contributed by atoms with E-state index in [9.17, 15) is 4.79 Å². The number of halogens is 1. The van der Waals surface area contributed by atoms with Crippen molar-refractivity contribution in [2.45, 2.75) is 46.1 Å². The fourth-order valence-corrected chi connectivity index (χ4v) is 3.09. The van der Waals surface area contributed by atoms with Crippen LogP contribution in [0.4, 0.5) is 5.82 Å². The Morgan fingerprint density at radius 2 is 2.14 bits per heavy atom. The van der Waals surface area contributed by atoms with Gasteiger partial charge in [-0.25, -0.2) is 4.98 Å². The van der Waals surface area contributed by atoms with Crippen molar-refractivity contribution in [3.8, 4) is 0 Å². The van der Waals surface area contributed by atoms with Gasteiger partial charge in [-0.15, -0.1) is 0 Å². The molecule has 1 aromatic rings. The Morgan fingerprint density at radius 1 is 1.38 bits per heavy atom. The predicted octanol–water partition coefficient (Wildman–Crippen LogP) is 3.72. The van der Waals surface area contributed by atoms with E-state index in [0.717, 1.165) is 19.4 Å². The fraction of sp³-hybridized carbons (Fsp3) is 0.625. The van der Waals surface area contributed by atoms with Crippen LogP contribution in [0.2, 0.25) is 5.02 Å². The molecule has 0 bridgehead atoms. The molecule has 1 fully saturated rings. The van der Waals surface area contributed by atoms with Crippen LogP contribution in [0.5, 0.6) is 0 Å². The van der Waals surface area contributed by atoms with E-state index < -0.39 is 0 Å². The van der Waals surface area contributed by atoms with Crippen molar-refractivity contribution in [2.24, 2.45) is 11.8 Å². The van der Waals surface area contributed by atoms with Crippen LogP contribution in [0.1, 0.15) is 50.5 Å². The van der Waals surface area contributed by atoms with Crippen molar-refractivity contribution in [1.82, 2.24) is 10.3 Å². The molecule has 2 rings (SSSR count). The molecule has 1 heterocycles. The normalized spacial score (nSPS) is 25.4. The number of carbonyl (C=O) groups is 1. The third kappa shape index (κ3) is 3.88. The summed E-state index contributed by atoms with van der Waals surface area (Å²) < 4.78 is 0. The van der Waals surface area contributed by atoms with E-state index in [0.29, 0.717) is 28.4 Å². The Labute approximate surface area is 131 Å². The minimum absolute atomic E-state index is 0.175. The third-order valence-electron chi connectivity index (χ3n) is 4.44. The van der Waals surface area contributed by atoms with Gasteiger partial charge < -0.3 is 10.6 Å². The predicted molar refractivity (Wildman–Crippen MR) is 86.8 cm³/mol. The van der Waals surface area contributed by atoms with Gasteiger partial charge in [0.2, 0.25) is 0 Å². The summed E-state index contributed by atoms with van der Waals surface area (Å²) in [4.78, 5) is 16.8. The highest BCUT2D eigenvalue weighted by Crippen LogP contribution is 2.30. The highest BCUT2D eigenvalue weighted by atomic mass is 35.5. The number of pyridine rings is 1. The average molecular weight is 310 g/mol. The summed E-state index contributed by atoms with van der Waals surface area (Å²) in [5, 5.41) is 6.61. The molecule has 5 heteroatoms. The van der Waals surface area contributed by atoms with Crippen molar-refractivity contribution in [2.75, 3.05) is 11.9 Å². The second-order valence-electron chi connectivity index (χ2n) is 5.90. The van der Waals surface area contributed by atoms with Crippen LogP contribution in [-0.2, 0) is 0 Å². The molecule has 0 spiro atoms. The number of hydrogen-bond donors (Lipinski definition) is 2. The van der Waals surface area contributed by atoms with Crippen LogP contribution in [0.15, 0.2) is 12.1 Å². The molecule has 21 heavy (non-hydrogen) atoms. The summed E-state index contributed by atoms with van der Waals surface area (Å²) in [7, 11) is 0. The Kier molecular flexibility index (Phi) is 5.45. The van der Waals surface area contributed by atoms with Gasteiger partial charge in [0, 0.05) is 12.6 Å². The maximum atomic E-state index is 12.5. The first-order valence-corrected chi connectivity index (χ1v) is 8.12. The molecule has 0 aliphatic heterocycles. The van der Waals surface area contributed by atoms with Gasteiger partial charge in [0.1, 0.15) is 11.5 Å². The van der Waals surface area contributed by atoms with Crippen LogP contribution < -0.4 is 10.6 Å². The number of anilines is 1. The number of nitrogens with one attached hydrogen (secondary N) is 2. The lowest BCUT2D eigenvalue weighted by molar-refractivity contribution is 0.0886. The fourth-order valence-electron chi connectivity index (χ4n) is 2.90. The van der Waals surface area contributed by atoms with Crippen LogP contribution in [-0.4, -0.2) is 23.5 Å². The van der Waals surface area contributed by atoms with Gasteiger partial charge in [0.25, 0.3) is 5.91 Å². The third-order valence-corrected chi connectivity index (χ3v) is 4.75. The zero-order chi connectivity index (χ0) is 15.4. The van der Waals surface area contributed by atoms with E-state index in [2.05, 4.69) is 29.5 Å². The standard InChI is InChI=1S/C16H24ClN3O/c1-4-18-14-9-8-12(17)15(20-14)16(21)19-13-7-5-6-10(2)11(13)3/h8-11,13H,4-7H2,1-3H3,(H,18,20)(H,19,21). The molecule has 1 saturated carbocycles. The highest BCUT2D eigenvalue weighted by molar-refractivity contribution is 6.33. The molecular weight excluding hydrogens is 286 g/mol. The molecular formula is C16H24ClN3O. The Hall–Kier alpha value is -1.29. The maximum absolute atomic E-state index is 12.5. The van der Waals surface area contributed by atoms with E-state index >= 15 is 0 Å². The van der Waals surface area contributed by atoms with Crippen LogP contribution in [0.25, 0.3) is 0 Å². The van der Waals surface area contributed by atoms with Crippen LogP contribution >= 0.6 is 11.6 Å². The first-order chi connectivity index (χ1) is 10.0. The summed E-state index contributed by atoms with van der Waals surface area (Å²) in [6.45, 7) is 7.20. The highest BCUT2D eigenvalue weighted by Gasteiger charge is 2.29. The molecule has 0 saturated heterocycles. The van der Waals surface area contributed by atoms with Gasteiger partial charge in [-0.05, 0) is 37.3 Å². The summed E-state index contributed by atoms with van der Waals surface area (Å²) in [6, 6.07) is 3.71. The Balaban J connectivity index is 2.10. The molecule has 1 aromatic heterocycles. The maximum Gasteiger partial charge on any atom is 0.271 e. The van der Waals surface area contributed by atoms with Gasteiger partial charge in [0.15, 0.2) is 0 Å². The minimum atomic E-state index is -0.175. The van der Waals surface area contributed by atoms with Crippen molar-refractivity contribution >= 4 is 23.3 Å². The topological polar surface area (TPSA) is 54.0 Å². The largest absolute Gasteiger partial charge is 0.370 e. The summed E-state index contributed by atoms with van der Waals surface area (Å²) in [5.74, 6) is 1.63. The monoisotopic (exact) mass is 309 g/mol. The molecule has 1 aliphatic rings. The quantitative estimate of drug-likeness (QED) is 0.891. The number of carbonyl (C=O) groups excluding carboxylic acids is 1. The second-order valence-corrected chi connectivity index (χ2v) is 6.31. The molecule has 1 aliphatic carbocycles. The Morgan fingerprint density at radius 3 is 2.86 bits per heavy atom. The number of hydrogen-bond acceptors (Lipinski definition) is 3. The van der Waals surface area contributed by atoms with E-state index in [4.69, 9.17) is 11.6 Å². The molecule has 0 radical (unpaired) electrons. The summed E-state index contributed by atoms with van der Waals surface area (Å²) in [5.41, 5.74) is 0.306. The smallest absolute Gasteiger partial charge is 0.271 e. The molecule has 1 amide bonds. The van der Waals surface area contributed by atoms with Gasteiger partial charge in [-0.2, -0.15) is 0 Å². The first kappa shape index (κ1) is 16.1. The first-order valence-electron chi connectivity index (χ1n) is 7.74. The van der Waals surface area contributed by atoms with Crippen molar-refractivity contribution < 1.29 is 4.79 Å². The number of nitrogens with zero attached hydrogens (tertiary/aromatic N) is 1. The van der Waals surface area contributed by atoms with Crippen molar-refractivity contribution in [3.63, 3.8) is 0 Å². The van der Waals surface area contributed by atoms with Crippen LogP contribution in [0, 0.1) is 11.8 Å².